The van der Waals surface area contributed by atoms with Gasteiger partial charge in [-0.1, -0.05) is 30.3 Å². The van der Waals surface area contributed by atoms with E-state index in [1.165, 1.54) is 16.9 Å². The summed E-state index contributed by atoms with van der Waals surface area (Å²) in [5.41, 5.74) is 3.09. The fraction of sp³-hybridized carbons (Fsp3) is 0.364. The molecule has 156 valence electrons. The molecule has 0 N–H and O–H groups in total. The summed E-state index contributed by atoms with van der Waals surface area (Å²) in [6, 6.07) is 12.2. The van der Waals surface area contributed by atoms with Gasteiger partial charge in [0.25, 0.3) is 5.91 Å². The van der Waals surface area contributed by atoms with Crippen LogP contribution in [0, 0.1) is 24.0 Å². The predicted molar refractivity (Wildman–Crippen MR) is 116 cm³/mol. The van der Waals surface area contributed by atoms with Crippen molar-refractivity contribution >= 4 is 22.9 Å². The third-order valence-corrected chi connectivity index (χ3v) is 6.64. The number of nitrogens with zero attached hydrogens (tertiary/aromatic N) is 4. The molecule has 7 nitrogen and oxygen atoms in total. The molecule has 0 spiro atoms. The van der Waals surface area contributed by atoms with Gasteiger partial charge in [0.15, 0.2) is 0 Å². The maximum absolute atomic E-state index is 13.3. The van der Waals surface area contributed by atoms with E-state index in [9.17, 15) is 14.9 Å². The normalized spacial score (nSPS) is 16.6. The highest BCUT2D eigenvalue weighted by Gasteiger charge is 2.29. The monoisotopic (exact) mass is 424 g/mol. The summed E-state index contributed by atoms with van der Waals surface area (Å²) in [5, 5.41) is 17.5. The topological polar surface area (TPSA) is 81.3 Å². The molecule has 1 unspecified atom stereocenters. The average molecular weight is 425 g/mol. The van der Waals surface area contributed by atoms with Gasteiger partial charge >= 0.3 is 5.69 Å². The van der Waals surface area contributed by atoms with Crippen LogP contribution in [0.4, 0.5) is 5.69 Å². The molecule has 1 aromatic carbocycles. The Labute approximate surface area is 179 Å². The van der Waals surface area contributed by atoms with E-state index in [0.29, 0.717) is 22.8 Å². The number of carbonyl (C=O) groups is 1. The molecule has 1 aliphatic heterocycles. The second-order valence-corrected chi connectivity index (χ2v) is 8.59. The molecule has 2 aromatic heterocycles. The van der Waals surface area contributed by atoms with E-state index in [1.54, 1.807) is 18.5 Å². The van der Waals surface area contributed by atoms with Crippen LogP contribution in [0.2, 0.25) is 0 Å². The van der Waals surface area contributed by atoms with Crippen molar-refractivity contribution in [2.75, 3.05) is 6.54 Å². The lowest BCUT2D eigenvalue weighted by Gasteiger charge is -2.36. The third-order valence-electron chi connectivity index (χ3n) is 5.67. The lowest BCUT2D eigenvalue weighted by atomic mass is 9.95. The average Bonchev–Trinajstić information content (AvgIpc) is 3.32. The smallest absolute Gasteiger partial charge is 0.312 e. The Bertz CT molecular complexity index is 1070. The quantitative estimate of drug-likeness (QED) is 0.432. The van der Waals surface area contributed by atoms with E-state index in [4.69, 9.17) is 0 Å². The summed E-state index contributed by atoms with van der Waals surface area (Å²) in [6.45, 7) is 4.51. The maximum Gasteiger partial charge on any atom is 0.312 e. The molecule has 1 aliphatic rings. The predicted octanol–water partition coefficient (Wildman–Crippen LogP) is 4.89. The van der Waals surface area contributed by atoms with Gasteiger partial charge in [0.2, 0.25) is 0 Å². The van der Waals surface area contributed by atoms with Gasteiger partial charge in [-0.25, -0.2) is 0 Å². The van der Waals surface area contributed by atoms with Crippen LogP contribution >= 0.6 is 11.3 Å². The Balaban J connectivity index is 1.54. The molecule has 4 rings (SSSR count). The molecular formula is C22H24N4O3S. The maximum atomic E-state index is 13.3. The zero-order valence-corrected chi connectivity index (χ0v) is 17.9. The zero-order valence-electron chi connectivity index (χ0n) is 17.1. The van der Waals surface area contributed by atoms with Gasteiger partial charge < -0.3 is 4.90 Å². The lowest BCUT2D eigenvalue weighted by molar-refractivity contribution is -0.386. The molecule has 1 fully saturated rings. The number of carbonyl (C=O) groups excluding carboxylic acids is 1. The number of thiophene rings is 1. The minimum absolute atomic E-state index is 0.0548. The largest absolute Gasteiger partial charge is 0.331 e. The number of benzene rings is 1. The van der Waals surface area contributed by atoms with Crippen LogP contribution in [-0.4, -0.2) is 32.1 Å². The minimum atomic E-state index is -0.392. The first-order valence-corrected chi connectivity index (χ1v) is 11.0. The highest BCUT2D eigenvalue weighted by molar-refractivity contribution is 7.12. The van der Waals surface area contributed by atoms with E-state index < -0.39 is 4.92 Å². The van der Waals surface area contributed by atoms with Crippen LogP contribution in [0.25, 0.3) is 0 Å². The van der Waals surface area contributed by atoms with E-state index in [1.807, 2.05) is 34.5 Å². The Morgan fingerprint density at radius 2 is 2.03 bits per heavy atom. The third kappa shape index (κ3) is 3.87. The molecular weight excluding hydrogens is 400 g/mol. The highest BCUT2D eigenvalue weighted by Crippen LogP contribution is 2.33. The van der Waals surface area contributed by atoms with Crippen molar-refractivity contribution in [2.24, 2.45) is 0 Å². The van der Waals surface area contributed by atoms with Crippen molar-refractivity contribution in [2.45, 2.75) is 45.7 Å². The summed E-state index contributed by atoms with van der Waals surface area (Å²) < 4.78 is 1.64. The SMILES string of the molecule is Cc1nn(Cc2csc(C(=O)N3CCCCC3c3ccccc3)c2)c(C)c1[N+](=O)[O-]. The van der Waals surface area contributed by atoms with E-state index in [0.717, 1.165) is 31.4 Å². The fourth-order valence-corrected chi connectivity index (χ4v) is 5.05. The number of rotatable bonds is 5. The number of nitro groups is 1. The molecule has 30 heavy (non-hydrogen) atoms. The molecule has 1 amide bonds. The van der Waals surface area contributed by atoms with Crippen LogP contribution in [0.15, 0.2) is 41.8 Å². The van der Waals surface area contributed by atoms with Crippen LogP contribution < -0.4 is 0 Å². The first kappa shape index (κ1) is 20.3. The van der Waals surface area contributed by atoms with Gasteiger partial charge in [-0.05, 0) is 55.7 Å². The highest BCUT2D eigenvalue weighted by atomic mass is 32.1. The number of aryl methyl sites for hydroxylation is 1. The van der Waals surface area contributed by atoms with Crippen molar-refractivity contribution in [1.82, 2.24) is 14.7 Å². The molecule has 3 heterocycles. The lowest BCUT2D eigenvalue weighted by Crippen LogP contribution is -2.38. The van der Waals surface area contributed by atoms with Crippen molar-refractivity contribution in [3.05, 3.63) is 79.3 Å². The molecule has 0 saturated carbocycles. The molecule has 3 aromatic rings. The summed E-state index contributed by atoms with van der Waals surface area (Å²) in [7, 11) is 0. The molecule has 8 heteroatoms. The first-order chi connectivity index (χ1) is 14.5. The number of aromatic nitrogens is 2. The van der Waals surface area contributed by atoms with Crippen LogP contribution in [0.5, 0.6) is 0 Å². The van der Waals surface area contributed by atoms with Gasteiger partial charge in [0.1, 0.15) is 11.4 Å². The number of amides is 1. The number of piperidine rings is 1. The van der Waals surface area contributed by atoms with Gasteiger partial charge in [0.05, 0.1) is 22.4 Å². The van der Waals surface area contributed by atoms with E-state index in [-0.39, 0.29) is 17.6 Å². The Hall–Kier alpha value is -3.00. The van der Waals surface area contributed by atoms with Crippen molar-refractivity contribution in [1.29, 1.82) is 0 Å². The molecule has 0 radical (unpaired) electrons. The second-order valence-electron chi connectivity index (χ2n) is 7.67. The number of hydrogen-bond acceptors (Lipinski definition) is 5. The standard InChI is InChI=1S/C22H24N4O3S/c1-15-21(26(28)29)16(2)25(23-15)13-17-12-20(30-14-17)22(27)24-11-7-6-10-19(24)18-8-4-3-5-9-18/h3-5,8-9,12,14,19H,6-7,10-11,13H2,1-2H3. The Morgan fingerprint density at radius 1 is 1.27 bits per heavy atom. The van der Waals surface area contributed by atoms with Crippen LogP contribution in [0.1, 0.15) is 57.5 Å². The first-order valence-electron chi connectivity index (χ1n) is 10.1. The summed E-state index contributed by atoms with van der Waals surface area (Å²) in [6.07, 6.45) is 3.11. The molecule has 1 saturated heterocycles. The van der Waals surface area contributed by atoms with Gasteiger partial charge in [-0.2, -0.15) is 5.10 Å². The number of likely N-dealkylation sites (tertiary alicyclic amines) is 1. The molecule has 0 aliphatic carbocycles. The van der Waals surface area contributed by atoms with Crippen molar-refractivity contribution < 1.29 is 9.72 Å². The van der Waals surface area contributed by atoms with Crippen LogP contribution in [-0.2, 0) is 6.54 Å². The van der Waals surface area contributed by atoms with Gasteiger partial charge in [-0.15, -0.1) is 11.3 Å². The zero-order chi connectivity index (χ0) is 21.3. The second kappa shape index (κ2) is 8.39. The fourth-order valence-electron chi connectivity index (χ4n) is 4.19. The molecule has 0 bridgehead atoms. The van der Waals surface area contributed by atoms with Crippen molar-refractivity contribution in [3.8, 4) is 0 Å². The van der Waals surface area contributed by atoms with Gasteiger partial charge in [0, 0.05) is 6.54 Å². The van der Waals surface area contributed by atoms with E-state index >= 15 is 0 Å². The summed E-state index contributed by atoms with van der Waals surface area (Å²) in [4.78, 5) is 26.8. The molecule has 1 atom stereocenters. The summed E-state index contributed by atoms with van der Waals surface area (Å²) in [5.74, 6) is 0.0548. The van der Waals surface area contributed by atoms with Crippen LogP contribution in [0.3, 0.4) is 0 Å². The van der Waals surface area contributed by atoms with E-state index in [2.05, 4.69) is 17.2 Å². The van der Waals surface area contributed by atoms with Gasteiger partial charge in [-0.3, -0.25) is 19.6 Å². The Kier molecular flexibility index (Phi) is 5.67. The van der Waals surface area contributed by atoms with Crippen molar-refractivity contribution in [3.63, 3.8) is 0 Å². The number of hydrogen-bond donors (Lipinski definition) is 0. The summed E-state index contributed by atoms with van der Waals surface area (Å²) >= 11 is 1.42. The Morgan fingerprint density at radius 3 is 2.73 bits per heavy atom. The minimum Gasteiger partial charge on any atom is -0.331 e.